The smallest absolute Gasteiger partial charge is 0.315 e. The molecule has 4 heteroatoms. The third kappa shape index (κ3) is 2.82. The lowest BCUT2D eigenvalue weighted by Gasteiger charge is -2.28. The van der Waals surface area contributed by atoms with Crippen LogP contribution in [0, 0.1) is 5.92 Å². The van der Waals surface area contributed by atoms with Gasteiger partial charge in [0.1, 0.15) is 5.92 Å². The zero-order chi connectivity index (χ0) is 12.1. The van der Waals surface area contributed by atoms with Crippen molar-refractivity contribution in [3.8, 4) is 0 Å². The Labute approximate surface area is 101 Å². The number of pyridine rings is 1. The molecule has 0 aromatic carbocycles. The Morgan fingerprint density at radius 2 is 2.47 bits per heavy atom. The van der Waals surface area contributed by atoms with Gasteiger partial charge in [-0.2, -0.15) is 0 Å². The first-order chi connectivity index (χ1) is 8.33. The number of aromatic nitrogens is 1. The van der Waals surface area contributed by atoms with Gasteiger partial charge >= 0.3 is 5.97 Å². The minimum Gasteiger partial charge on any atom is -0.468 e. The molecule has 0 spiro atoms. The monoisotopic (exact) mass is 234 g/mol. The van der Waals surface area contributed by atoms with Crippen LogP contribution in [0.25, 0.3) is 0 Å². The fourth-order valence-corrected chi connectivity index (χ4v) is 2.40. The van der Waals surface area contributed by atoms with E-state index in [1.165, 1.54) is 7.11 Å². The number of carbonyl (C=O) groups is 1. The van der Waals surface area contributed by atoms with E-state index in [1.807, 2.05) is 18.2 Å². The lowest BCUT2D eigenvalue weighted by atomic mass is 9.84. The van der Waals surface area contributed by atoms with Crippen LogP contribution in [0.3, 0.4) is 0 Å². The molecule has 1 N–H and O–H groups in total. The van der Waals surface area contributed by atoms with Crippen molar-refractivity contribution in [2.24, 2.45) is 5.92 Å². The molecule has 92 valence electrons. The number of rotatable bonds is 3. The molecule has 0 bridgehead atoms. The second-order valence-corrected chi connectivity index (χ2v) is 4.36. The van der Waals surface area contributed by atoms with E-state index < -0.39 is 0 Å². The molecule has 0 saturated carbocycles. The number of ether oxygens (including phenoxy) is 1. The Morgan fingerprint density at radius 1 is 1.59 bits per heavy atom. The van der Waals surface area contributed by atoms with E-state index in [9.17, 15) is 4.79 Å². The topological polar surface area (TPSA) is 51.2 Å². The Morgan fingerprint density at radius 3 is 3.06 bits per heavy atom. The van der Waals surface area contributed by atoms with E-state index in [4.69, 9.17) is 4.74 Å². The van der Waals surface area contributed by atoms with E-state index in [2.05, 4.69) is 10.3 Å². The van der Waals surface area contributed by atoms with Crippen LogP contribution in [0.15, 0.2) is 24.4 Å². The van der Waals surface area contributed by atoms with Gasteiger partial charge in [-0.25, -0.2) is 0 Å². The fraction of sp³-hybridized carbons (Fsp3) is 0.538. The zero-order valence-corrected chi connectivity index (χ0v) is 10.1. The number of esters is 1. The minimum atomic E-state index is -0.242. The second-order valence-electron chi connectivity index (χ2n) is 4.36. The van der Waals surface area contributed by atoms with Crippen molar-refractivity contribution in [3.05, 3.63) is 30.1 Å². The summed E-state index contributed by atoms with van der Waals surface area (Å²) in [7, 11) is 1.44. The van der Waals surface area contributed by atoms with Gasteiger partial charge < -0.3 is 10.1 Å². The number of carbonyl (C=O) groups excluding carboxylic acids is 1. The van der Waals surface area contributed by atoms with Crippen molar-refractivity contribution in [1.29, 1.82) is 0 Å². The quantitative estimate of drug-likeness (QED) is 0.802. The molecule has 0 amide bonds. The molecule has 1 saturated heterocycles. The van der Waals surface area contributed by atoms with Crippen LogP contribution < -0.4 is 5.32 Å². The fourth-order valence-electron chi connectivity index (χ4n) is 2.40. The number of hydrogen-bond donors (Lipinski definition) is 1. The van der Waals surface area contributed by atoms with Gasteiger partial charge in [-0.1, -0.05) is 6.07 Å². The van der Waals surface area contributed by atoms with Crippen molar-refractivity contribution in [2.45, 2.75) is 18.8 Å². The summed E-state index contributed by atoms with van der Waals surface area (Å²) in [5, 5.41) is 3.33. The second kappa shape index (κ2) is 5.77. The highest BCUT2D eigenvalue weighted by Gasteiger charge is 2.32. The first-order valence-corrected chi connectivity index (χ1v) is 6.02. The predicted octanol–water partition coefficient (Wildman–Crippen LogP) is 1.34. The van der Waals surface area contributed by atoms with Crippen LogP contribution in [0.4, 0.5) is 0 Å². The summed E-state index contributed by atoms with van der Waals surface area (Å²) >= 11 is 0. The maximum absolute atomic E-state index is 11.9. The normalized spacial score (nSPS) is 21.8. The average Bonchev–Trinajstić information content (AvgIpc) is 2.41. The summed E-state index contributed by atoms with van der Waals surface area (Å²) in [5.74, 6) is -0.141. The standard InChI is InChI=1S/C13H18N2O2/c1-17-13(16)12(10-5-4-7-14-9-10)11-6-2-3-8-15-11/h2-3,6,8,10,12,14H,4-5,7,9H2,1H3. The molecule has 2 heterocycles. The van der Waals surface area contributed by atoms with Gasteiger partial charge in [0, 0.05) is 6.20 Å². The number of hydrogen-bond acceptors (Lipinski definition) is 4. The maximum Gasteiger partial charge on any atom is 0.315 e. The van der Waals surface area contributed by atoms with E-state index in [0.29, 0.717) is 0 Å². The highest BCUT2D eigenvalue weighted by atomic mass is 16.5. The zero-order valence-electron chi connectivity index (χ0n) is 10.1. The predicted molar refractivity (Wildman–Crippen MR) is 64.6 cm³/mol. The highest BCUT2D eigenvalue weighted by molar-refractivity contribution is 5.77. The molecule has 17 heavy (non-hydrogen) atoms. The van der Waals surface area contributed by atoms with E-state index >= 15 is 0 Å². The Hall–Kier alpha value is -1.42. The Bertz CT molecular complexity index is 361. The number of nitrogens with zero attached hydrogens (tertiary/aromatic N) is 1. The molecule has 2 atom stereocenters. The number of methoxy groups -OCH3 is 1. The van der Waals surface area contributed by atoms with Gasteiger partial charge in [-0.05, 0) is 44.0 Å². The maximum atomic E-state index is 11.9. The summed E-state index contributed by atoms with van der Waals surface area (Å²) < 4.78 is 4.91. The first kappa shape index (κ1) is 12.0. The molecule has 1 aliphatic heterocycles. The molecule has 1 fully saturated rings. The largest absolute Gasteiger partial charge is 0.468 e. The Balaban J connectivity index is 2.21. The van der Waals surface area contributed by atoms with Gasteiger partial charge in [-0.3, -0.25) is 9.78 Å². The first-order valence-electron chi connectivity index (χ1n) is 6.02. The summed E-state index contributed by atoms with van der Waals surface area (Å²) in [4.78, 5) is 16.2. The van der Waals surface area contributed by atoms with Crippen LogP contribution >= 0.6 is 0 Å². The van der Waals surface area contributed by atoms with Crippen LogP contribution in [-0.2, 0) is 9.53 Å². The third-order valence-electron chi connectivity index (χ3n) is 3.27. The van der Waals surface area contributed by atoms with E-state index in [0.717, 1.165) is 31.6 Å². The molecule has 0 aliphatic carbocycles. The third-order valence-corrected chi connectivity index (χ3v) is 3.27. The molecule has 2 rings (SSSR count). The van der Waals surface area contributed by atoms with Crippen LogP contribution in [-0.4, -0.2) is 31.2 Å². The minimum absolute atomic E-state index is 0.183. The lowest BCUT2D eigenvalue weighted by Crippen LogP contribution is -2.36. The summed E-state index contributed by atoms with van der Waals surface area (Å²) in [5.41, 5.74) is 0.813. The number of piperidine rings is 1. The van der Waals surface area contributed by atoms with Gasteiger partial charge in [0.15, 0.2) is 0 Å². The summed E-state index contributed by atoms with van der Waals surface area (Å²) in [6.45, 7) is 1.89. The lowest BCUT2D eigenvalue weighted by molar-refractivity contribution is -0.144. The van der Waals surface area contributed by atoms with E-state index in [-0.39, 0.29) is 17.8 Å². The van der Waals surface area contributed by atoms with Gasteiger partial charge in [0.25, 0.3) is 0 Å². The van der Waals surface area contributed by atoms with Crippen molar-refractivity contribution in [3.63, 3.8) is 0 Å². The highest BCUT2D eigenvalue weighted by Crippen LogP contribution is 2.29. The molecule has 0 radical (unpaired) electrons. The average molecular weight is 234 g/mol. The molecule has 1 aromatic heterocycles. The van der Waals surface area contributed by atoms with E-state index in [1.54, 1.807) is 6.20 Å². The van der Waals surface area contributed by atoms with Crippen LogP contribution in [0.1, 0.15) is 24.5 Å². The summed E-state index contributed by atoms with van der Waals surface area (Å²) in [6, 6.07) is 5.67. The molecule has 1 aromatic rings. The van der Waals surface area contributed by atoms with Gasteiger partial charge in [0.2, 0.25) is 0 Å². The van der Waals surface area contributed by atoms with Crippen molar-refractivity contribution in [2.75, 3.05) is 20.2 Å². The Kier molecular flexibility index (Phi) is 4.09. The molecule has 4 nitrogen and oxygen atoms in total. The van der Waals surface area contributed by atoms with Crippen LogP contribution in [0.5, 0.6) is 0 Å². The SMILES string of the molecule is COC(=O)C(c1ccccn1)C1CCCNC1. The molecular formula is C13H18N2O2. The van der Waals surface area contributed by atoms with Crippen molar-refractivity contribution < 1.29 is 9.53 Å². The van der Waals surface area contributed by atoms with Crippen molar-refractivity contribution in [1.82, 2.24) is 10.3 Å². The van der Waals surface area contributed by atoms with Crippen LogP contribution in [0.2, 0.25) is 0 Å². The van der Waals surface area contributed by atoms with Gasteiger partial charge in [-0.15, -0.1) is 0 Å². The molecular weight excluding hydrogens is 216 g/mol. The molecule has 1 aliphatic rings. The summed E-state index contributed by atoms with van der Waals surface area (Å²) in [6.07, 6.45) is 3.87. The van der Waals surface area contributed by atoms with Crippen molar-refractivity contribution >= 4 is 5.97 Å². The van der Waals surface area contributed by atoms with Gasteiger partial charge in [0.05, 0.1) is 12.8 Å². The molecule has 2 unspecified atom stereocenters. The number of nitrogens with one attached hydrogen (secondary N) is 1.